The molecule has 1 saturated heterocycles. The van der Waals surface area contributed by atoms with Crippen molar-refractivity contribution in [2.75, 3.05) is 36.4 Å². The van der Waals surface area contributed by atoms with E-state index in [4.69, 9.17) is 0 Å². The number of alkyl halides is 6. The molecule has 0 spiro atoms. The fraction of sp³-hybridized carbons (Fsp3) is 0.280. The van der Waals surface area contributed by atoms with Crippen molar-refractivity contribution in [1.29, 1.82) is 0 Å². The van der Waals surface area contributed by atoms with Gasteiger partial charge in [-0.15, -0.1) is 0 Å². The van der Waals surface area contributed by atoms with Crippen LogP contribution in [0.3, 0.4) is 0 Å². The number of anilines is 2. The van der Waals surface area contributed by atoms with Crippen molar-refractivity contribution >= 4 is 11.4 Å². The molecule has 1 heterocycles. The zero-order chi connectivity index (χ0) is 24.3. The Hall–Kier alpha value is -3.20. The first kappa shape index (κ1) is 23.9. The monoisotopic (exact) mass is 479 g/mol. The molecule has 34 heavy (non-hydrogen) atoms. The van der Waals surface area contributed by atoms with Crippen molar-refractivity contribution in [1.82, 2.24) is 4.90 Å². The summed E-state index contributed by atoms with van der Waals surface area (Å²) in [6, 6.07) is 21.4. The van der Waals surface area contributed by atoms with E-state index in [0.717, 1.165) is 17.2 Å². The summed E-state index contributed by atoms with van der Waals surface area (Å²) in [6.07, 6.45) is -9.02. The fourth-order valence-corrected chi connectivity index (χ4v) is 4.12. The van der Waals surface area contributed by atoms with E-state index in [1.165, 1.54) is 12.1 Å². The number of nitrogens with zero attached hydrogens (tertiary/aromatic N) is 2. The molecule has 9 heteroatoms. The summed E-state index contributed by atoms with van der Waals surface area (Å²) in [5.41, 5.74) is 1.05. The van der Waals surface area contributed by atoms with Gasteiger partial charge >= 0.3 is 12.5 Å². The molecule has 1 aliphatic heterocycles. The number of halogens is 6. The predicted octanol–water partition coefficient (Wildman–Crippen LogP) is 6.55. The van der Waals surface area contributed by atoms with E-state index in [9.17, 15) is 26.3 Å². The van der Waals surface area contributed by atoms with Crippen LogP contribution >= 0.6 is 0 Å². The predicted molar refractivity (Wildman–Crippen MR) is 120 cm³/mol. The Labute approximate surface area is 193 Å². The van der Waals surface area contributed by atoms with Crippen LogP contribution in [0.4, 0.5) is 37.7 Å². The normalized spacial score (nSPS) is 15.6. The van der Waals surface area contributed by atoms with Gasteiger partial charge in [0.15, 0.2) is 0 Å². The molecule has 0 radical (unpaired) electrons. The van der Waals surface area contributed by atoms with Crippen LogP contribution in [0.15, 0.2) is 78.9 Å². The lowest BCUT2D eigenvalue weighted by Crippen LogP contribution is -2.51. The summed E-state index contributed by atoms with van der Waals surface area (Å²) in [5.74, 6) is 0. The molecular formula is C25H23F6N3. The van der Waals surface area contributed by atoms with E-state index in [1.54, 1.807) is 4.90 Å². The largest absolute Gasteiger partial charge is 0.460 e. The van der Waals surface area contributed by atoms with Gasteiger partial charge in [0, 0.05) is 37.6 Å². The lowest BCUT2D eigenvalue weighted by molar-refractivity contribution is -0.246. The second-order valence-corrected chi connectivity index (χ2v) is 8.07. The van der Waals surface area contributed by atoms with Crippen molar-refractivity contribution in [3.63, 3.8) is 0 Å². The molecule has 1 aliphatic rings. The lowest BCUT2D eigenvalue weighted by atomic mass is 9.97. The molecule has 1 N–H and O–H groups in total. The molecule has 0 unspecified atom stereocenters. The Morgan fingerprint density at radius 3 is 1.68 bits per heavy atom. The molecule has 3 aromatic rings. The Morgan fingerprint density at radius 2 is 1.21 bits per heavy atom. The third-order valence-electron chi connectivity index (χ3n) is 5.88. The first-order valence-electron chi connectivity index (χ1n) is 10.8. The number of benzene rings is 3. The van der Waals surface area contributed by atoms with E-state index in [1.807, 2.05) is 60.7 Å². The summed E-state index contributed by atoms with van der Waals surface area (Å²) in [6.45, 7) is -0.371. The van der Waals surface area contributed by atoms with Crippen LogP contribution in [0.25, 0.3) is 0 Å². The summed E-state index contributed by atoms with van der Waals surface area (Å²) in [4.78, 5) is 2.08. The van der Waals surface area contributed by atoms with E-state index >= 15 is 0 Å². The van der Waals surface area contributed by atoms with Crippen LogP contribution in [-0.4, -0.2) is 37.4 Å². The molecule has 0 atom stereocenters. The van der Waals surface area contributed by atoms with Gasteiger partial charge in [0.2, 0.25) is 0 Å². The van der Waals surface area contributed by atoms with Crippen molar-refractivity contribution in [2.24, 2.45) is 0 Å². The molecule has 4 rings (SSSR count). The fourth-order valence-electron chi connectivity index (χ4n) is 4.12. The van der Waals surface area contributed by atoms with Gasteiger partial charge in [-0.2, -0.15) is 26.3 Å². The van der Waals surface area contributed by atoms with E-state index in [0.29, 0.717) is 10.6 Å². The molecule has 3 aromatic carbocycles. The Morgan fingerprint density at radius 1 is 0.676 bits per heavy atom. The SMILES string of the molecule is FC(F)(F)c1ccc(N2CCN(C(F)(F)F)CC2)cc1NC(c1ccccc1)c1ccccc1. The highest BCUT2D eigenvalue weighted by molar-refractivity contribution is 5.65. The molecule has 0 aromatic heterocycles. The molecule has 180 valence electrons. The number of rotatable bonds is 5. The van der Waals surface area contributed by atoms with Crippen molar-refractivity contribution in [3.8, 4) is 0 Å². The highest BCUT2D eigenvalue weighted by Gasteiger charge is 2.39. The van der Waals surface area contributed by atoms with Crippen LogP contribution < -0.4 is 10.2 Å². The summed E-state index contributed by atoms with van der Waals surface area (Å²) in [5, 5.41) is 3.06. The molecule has 0 saturated carbocycles. The van der Waals surface area contributed by atoms with Gasteiger partial charge in [-0.05, 0) is 29.3 Å². The highest BCUT2D eigenvalue weighted by atomic mass is 19.4. The highest BCUT2D eigenvalue weighted by Crippen LogP contribution is 2.39. The average molecular weight is 479 g/mol. The van der Waals surface area contributed by atoms with Crippen LogP contribution in [0.2, 0.25) is 0 Å². The minimum Gasteiger partial charge on any atom is -0.374 e. The molecule has 0 bridgehead atoms. The zero-order valence-corrected chi connectivity index (χ0v) is 18.1. The maximum Gasteiger partial charge on any atom is 0.460 e. The van der Waals surface area contributed by atoms with Crippen LogP contribution in [0, 0.1) is 0 Å². The topological polar surface area (TPSA) is 18.5 Å². The van der Waals surface area contributed by atoms with Crippen molar-refractivity contribution in [3.05, 3.63) is 95.6 Å². The average Bonchev–Trinajstić information content (AvgIpc) is 2.82. The molecular weight excluding hydrogens is 456 g/mol. The quantitative estimate of drug-likeness (QED) is 0.331. The Balaban J connectivity index is 1.68. The smallest absolute Gasteiger partial charge is 0.374 e. The maximum atomic E-state index is 13.9. The van der Waals surface area contributed by atoms with Crippen LogP contribution in [0.5, 0.6) is 0 Å². The molecule has 1 fully saturated rings. The zero-order valence-electron chi connectivity index (χ0n) is 18.1. The number of hydrogen-bond acceptors (Lipinski definition) is 3. The number of nitrogens with one attached hydrogen (secondary N) is 1. The minimum atomic E-state index is -4.60. The maximum absolute atomic E-state index is 13.9. The van der Waals surface area contributed by atoms with E-state index < -0.39 is 24.1 Å². The minimum absolute atomic E-state index is 0.0606. The summed E-state index contributed by atoms with van der Waals surface area (Å²) < 4.78 is 80.5. The van der Waals surface area contributed by atoms with Gasteiger partial charge in [-0.3, -0.25) is 0 Å². The van der Waals surface area contributed by atoms with Crippen LogP contribution in [0.1, 0.15) is 22.7 Å². The molecule has 0 aliphatic carbocycles. The van der Waals surface area contributed by atoms with Gasteiger partial charge in [-0.1, -0.05) is 60.7 Å². The number of piperazine rings is 1. The number of hydrogen-bond donors (Lipinski definition) is 1. The third kappa shape index (κ3) is 5.47. The lowest BCUT2D eigenvalue weighted by Gasteiger charge is -2.37. The molecule has 0 amide bonds. The first-order chi connectivity index (χ1) is 16.1. The standard InChI is InChI=1S/C25H23F6N3/c26-24(27,28)21-12-11-20(33-13-15-34(16-14-33)25(29,30)31)17-22(21)32-23(18-7-3-1-4-8-18)19-9-5-2-6-10-19/h1-12,17,23,32H,13-16H2. The van der Waals surface area contributed by atoms with Crippen LogP contribution in [-0.2, 0) is 6.18 Å². The first-order valence-corrected chi connectivity index (χ1v) is 10.8. The molecule has 3 nitrogen and oxygen atoms in total. The Bertz CT molecular complexity index is 1040. The second kappa shape index (κ2) is 9.58. The third-order valence-corrected chi connectivity index (χ3v) is 5.88. The Kier molecular flexibility index (Phi) is 6.74. The van der Waals surface area contributed by atoms with Gasteiger partial charge in [0.1, 0.15) is 0 Å². The van der Waals surface area contributed by atoms with Gasteiger partial charge in [-0.25, -0.2) is 4.90 Å². The van der Waals surface area contributed by atoms with Gasteiger partial charge < -0.3 is 10.2 Å². The van der Waals surface area contributed by atoms with Gasteiger partial charge in [0.05, 0.1) is 11.6 Å². The van der Waals surface area contributed by atoms with Crippen molar-refractivity contribution in [2.45, 2.75) is 18.5 Å². The van der Waals surface area contributed by atoms with Crippen molar-refractivity contribution < 1.29 is 26.3 Å². The summed E-state index contributed by atoms with van der Waals surface area (Å²) in [7, 11) is 0. The summed E-state index contributed by atoms with van der Waals surface area (Å²) >= 11 is 0. The second-order valence-electron chi connectivity index (χ2n) is 8.07. The van der Waals surface area contributed by atoms with E-state index in [2.05, 4.69) is 5.32 Å². The van der Waals surface area contributed by atoms with E-state index in [-0.39, 0.29) is 31.9 Å². The van der Waals surface area contributed by atoms with Gasteiger partial charge in [0.25, 0.3) is 0 Å².